The number of aryl methyl sites for hydroxylation is 1. The minimum Gasteiger partial charge on any atom is -0.378 e. The number of piperazine rings is 1. The molecule has 1 N–H and O–H groups in total. The minimum atomic E-state index is 0.139. The Balaban J connectivity index is 1.28. The van der Waals surface area contributed by atoms with E-state index in [4.69, 9.17) is 9.84 Å². The van der Waals surface area contributed by atoms with E-state index in [-0.39, 0.29) is 11.8 Å². The van der Waals surface area contributed by atoms with Gasteiger partial charge in [-0.3, -0.25) is 14.8 Å². The maximum absolute atomic E-state index is 12.8. The minimum absolute atomic E-state index is 0.139. The average molecular weight is 472 g/mol. The highest BCUT2D eigenvalue weighted by atomic mass is 16.5. The number of carbonyl (C=O) groups is 1. The van der Waals surface area contributed by atoms with Crippen LogP contribution in [-0.2, 0) is 9.53 Å². The molecular weight excluding hydrogens is 442 g/mol. The Morgan fingerprint density at radius 2 is 1.91 bits per heavy atom. The molecule has 0 saturated carbocycles. The number of nitrogens with zero attached hydrogens (tertiary/aromatic N) is 6. The third kappa shape index (κ3) is 3.81. The van der Waals surface area contributed by atoms with Gasteiger partial charge in [-0.25, -0.2) is 9.50 Å². The summed E-state index contributed by atoms with van der Waals surface area (Å²) in [6, 6.07) is 10.7. The second-order valence-electron chi connectivity index (χ2n) is 9.71. The third-order valence-corrected chi connectivity index (χ3v) is 7.07. The van der Waals surface area contributed by atoms with E-state index in [0.717, 1.165) is 64.7 Å². The standard InChI is InChI=1S/C26H29N7O2/c1-16(2)23-24(29-30-25(23)19-10-17(3)26-27-15-28-33(26)11-19)18-4-6-20(7-5-18)32-9-8-31(12-22(32)34)21-13-35-14-21/h4-7,10-11,15-16,21H,8-9,12-14H2,1-3H3,(H,29,30). The van der Waals surface area contributed by atoms with Crippen molar-refractivity contribution in [1.29, 1.82) is 0 Å². The Kier molecular flexibility index (Phi) is 5.38. The van der Waals surface area contributed by atoms with Gasteiger partial charge >= 0.3 is 0 Å². The number of H-pyrrole nitrogens is 1. The normalized spacial score (nSPS) is 17.5. The van der Waals surface area contributed by atoms with Gasteiger partial charge in [-0.05, 0) is 36.6 Å². The molecule has 1 aromatic carbocycles. The molecule has 6 rings (SSSR count). The summed E-state index contributed by atoms with van der Waals surface area (Å²) in [5.74, 6) is 0.398. The molecule has 9 heteroatoms. The van der Waals surface area contributed by atoms with Gasteiger partial charge in [0.15, 0.2) is 5.65 Å². The second-order valence-corrected chi connectivity index (χ2v) is 9.71. The maximum Gasteiger partial charge on any atom is 0.241 e. The highest BCUT2D eigenvalue weighted by molar-refractivity contribution is 5.95. The number of ether oxygens (including phenoxy) is 1. The Hall–Kier alpha value is -3.56. The predicted octanol–water partition coefficient (Wildman–Crippen LogP) is 3.27. The molecule has 1 amide bonds. The van der Waals surface area contributed by atoms with Crippen molar-refractivity contribution in [3.8, 4) is 22.5 Å². The van der Waals surface area contributed by atoms with Crippen molar-refractivity contribution in [2.24, 2.45) is 0 Å². The molecule has 0 aliphatic carbocycles. The first kappa shape index (κ1) is 21.9. The van der Waals surface area contributed by atoms with Gasteiger partial charge in [0.1, 0.15) is 6.33 Å². The van der Waals surface area contributed by atoms with E-state index in [0.29, 0.717) is 19.1 Å². The van der Waals surface area contributed by atoms with Crippen LogP contribution in [0.15, 0.2) is 42.9 Å². The summed E-state index contributed by atoms with van der Waals surface area (Å²) in [7, 11) is 0. The lowest BCUT2D eigenvalue weighted by molar-refractivity contribution is -0.127. The van der Waals surface area contributed by atoms with E-state index in [1.54, 1.807) is 10.8 Å². The highest BCUT2D eigenvalue weighted by Gasteiger charge is 2.33. The van der Waals surface area contributed by atoms with Crippen LogP contribution in [0.5, 0.6) is 0 Å². The first-order chi connectivity index (χ1) is 17.0. The van der Waals surface area contributed by atoms with Crippen LogP contribution in [0.3, 0.4) is 0 Å². The molecule has 35 heavy (non-hydrogen) atoms. The molecule has 2 fully saturated rings. The average Bonchev–Trinajstić information content (AvgIpc) is 3.46. The smallest absolute Gasteiger partial charge is 0.241 e. The topological polar surface area (TPSA) is 91.7 Å². The molecule has 2 aliphatic rings. The Morgan fingerprint density at radius 3 is 2.60 bits per heavy atom. The first-order valence-corrected chi connectivity index (χ1v) is 12.1. The van der Waals surface area contributed by atoms with E-state index in [2.05, 4.69) is 52.1 Å². The number of amides is 1. The van der Waals surface area contributed by atoms with Crippen molar-refractivity contribution < 1.29 is 9.53 Å². The van der Waals surface area contributed by atoms with Crippen LogP contribution in [0.1, 0.15) is 30.9 Å². The SMILES string of the molecule is Cc1cc(-c2[nH]nc(-c3ccc(N4CCN(C5COC5)CC4=O)cc3)c2C(C)C)cn2ncnc12. The molecular formula is C26H29N7O2. The number of benzene rings is 1. The van der Waals surface area contributed by atoms with Crippen molar-refractivity contribution in [3.63, 3.8) is 0 Å². The second kappa shape index (κ2) is 8.58. The molecule has 180 valence electrons. The zero-order valence-corrected chi connectivity index (χ0v) is 20.2. The van der Waals surface area contributed by atoms with E-state index >= 15 is 0 Å². The number of hydrogen-bond acceptors (Lipinski definition) is 6. The molecule has 3 aromatic heterocycles. The van der Waals surface area contributed by atoms with Gasteiger partial charge in [0.05, 0.1) is 37.2 Å². The predicted molar refractivity (Wildman–Crippen MR) is 133 cm³/mol. The van der Waals surface area contributed by atoms with Crippen LogP contribution < -0.4 is 4.90 Å². The first-order valence-electron chi connectivity index (χ1n) is 12.1. The summed E-state index contributed by atoms with van der Waals surface area (Å²) in [5.41, 5.74) is 7.97. The van der Waals surface area contributed by atoms with Gasteiger partial charge < -0.3 is 9.64 Å². The fourth-order valence-electron chi connectivity index (χ4n) is 5.09. The van der Waals surface area contributed by atoms with Crippen LogP contribution in [-0.4, -0.2) is 74.5 Å². The molecule has 0 spiro atoms. The summed E-state index contributed by atoms with van der Waals surface area (Å²) in [6.45, 7) is 9.89. The monoisotopic (exact) mass is 471 g/mol. The molecule has 0 radical (unpaired) electrons. The number of aromatic nitrogens is 5. The van der Waals surface area contributed by atoms with Crippen molar-refractivity contribution >= 4 is 17.2 Å². The van der Waals surface area contributed by atoms with Crippen LogP contribution in [0.4, 0.5) is 5.69 Å². The number of pyridine rings is 1. The molecule has 9 nitrogen and oxygen atoms in total. The van der Waals surface area contributed by atoms with Crippen LogP contribution >= 0.6 is 0 Å². The lowest BCUT2D eigenvalue weighted by atomic mass is 9.94. The highest BCUT2D eigenvalue weighted by Crippen LogP contribution is 2.36. The van der Waals surface area contributed by atoms with Crippen molar-refractivity contribution in [3.05, 3.63) is 54.0 Å². The van der Waals surface area contributed by atoms with Crippen LogP contribution in [0, 0.1) is 6.92 Å². The third-order valence-electron chi connectivity index (χ3n) is 7.07. The quantitative estimate of drug-likeness (QED) is 0.480. The lowest BCUT2D eigenvalue weighted by Crippen LogP contribution is -2.58. The molecule has 2 saturated heterocycles. The number of aromatic amines is 1. The van der Waals surface area contributed by atoms with Gasteiger partial charge in [-0.2, -0.15) is 10.2 Å². The van der Waals surface area contributed by atoms with Crippen molar-refractivity contribution in [1.82, 2.24) is 29.7 Å². The van der Waals surface area contributed by atoms with Crippen LogP contribution in [0.2, 0.25) is 0 Å². The van der Waals surface area contributed by atoms with Gasteiger partial charge in [0, 0.05) is 41.7 Å². The van der Waals surface area contributed by atoms with Crippen LogP contribution in [0.25, 0.3) is 28.2 Å². The van der Waals surface area contributed by atoms with Gasteiger partial charge in [-0.1, -0.05) is 26.0 Å². The Labute approximate surface area is 203 Å². The summed E-state index contributed by atoms with van der Waals surface area (Å²) in [6.07, 6.45) is 3.56. The molecule has 0 atom stereocenters. The number of fused-ring (bicyclic) bond motifs is 1. The summed E-state index contributed by atoms with van der Waals surface area (Å²) in [5, 5.41) is 12.3. The molecule has 4 aromatic rings. The van der Waals surface area contributed by atoms with E-state index < -0.39 is 0 Å². The number of nitrogens with one attached hydrogen (secondary N) is 1. The number of hydrogen-bond donors (Lipinski definition) is 1. The number of rotatable bonds is 5. The van der Waals surface area contributed by atoms with E-state index in [1.807, 2.05) is 30.2 Å². The maximum atomic E-state index is 12.8. The van der Waals surface area contributed by atoms with E-state index in [1.165, 1.54) is 0 Å². The summed E-state index contributed by atoms with van der Waals surface area (Å²) in [4.78, 5) is 21.3. The van der Waals surface area contributed by atoms with Gasteiger partial charge in [-0.15, -0.1) is 0 Å². The Bertz CT molecular complexity index is 1380. The number of anilines is 1. The molecule has 5 heterocycles. The summed E-state index contributed by atoms with van der Waals surface area (Å²) >= 11 is 0. The van der Waals surface area contributed by atoms with Crippen molar-refractivity contribution in [2.75, 3.05) is 37.7 Å². The van der Waals surface area contributed by atoms with E-state index in [9.17, 15) is 4.79 Å². The fraction of sp³-hybridized carbons (Fsp3) is 0.385. The summed E-state index contributed by atoms with van der Waals surface area (Å²) < 4.78 is 7.09. The Morgan fingerprint density at radius 1 is 1.11 bits per heavy atom. The zero-order valence-electron chi connectivity index (χ0n) is 20.2. The molecule has 0 bridgehead atoms. The largest absolute Gasteiger partial charge is 0.378 e. The number of carbonyl (C=O) groups excluding carboxylic acids is 1. The fourth-order valence-corrected chi connectivity index (χ4v) is 5.09. The van der Waals surface area contributed by atoms with Gasteiger partial charge in [0.25, 0.3) is 0 Å². The molecule has 2 aliphatic heterocycles. The lowest BCUT2D eigenvalue weighted by Gasteiger charge is -2.42. The van der Waals surface area contributed by atoms with Crippen molar-refractivity contribution in [2.45, 2.75) is 32.7 Å². The zero-order chi connectivity index (χ0) is 24.1. The van der Waals surface area contributed by atoms with Gasteiger partial charge in [0.2, 0.25) is 5.91 Å². The molecule has 0 unspecified atom stereocenters.